The lowest BCUT2D eigenvalue weighted by Crippen LogP contribution is -2.31. The molecule has 5 aromatic rings. The number of aryl methyl sites for hydroxylation is 1. The Balaban J connectivity index is 1.72. The smallest absolute Gasteiger partial charge is 0.236 e. The number of H-pyrrole nitrogens is 1. The minimum absolute atomic E-state index is 0.375. The first kappa shape index (κ1) is 13.7. The predicted octanol–water partition coefficient (Wildman–Crippen LogP) is 2.47. The Labute approximate surface area is 140 Å². The van der Waals surface area contributed by atoms with Gasteiger partial charge in [-0.1, -0.05) is 15.4 Å². The van der Waals surface area contributed by atoms with Gasteiger partial charge in [-0.15, -0.1) is 0 Å². The van der Waals surface area contributed by atoms with Gasteiger partial charge < -0.3 is 9.62 Å². The Hall–Kier alpha value is -3.68. The van der Waals surface area contributed by atoms with Crippen LogP contribution in [0.5, 0.6) is 0 Å². The summed E-state index contributed by atoms with van der Waals surface area (Å²) in [5.41, 5.74) is 3.68. The molecule has 25 heavy (non-hydrogen) atoms. The fourth-order valence-electron chi connectivity index (χ4n) is 2.88. The summed E-state index contributed by atoms with van der Waals surface area (Å²) in [7, 11) is 0. The number of fused-ring (bicyclic) bond motifs is 2. The van der Waals surface area contributed by atoms with Crippen molar-refractivity contribution in [3.63, 3.8) is 0 Å². The molecule has 0 bridgehead atoms. The van der Waals surface area contributed by atoms with Crippen LogP contribution in [0.1, 0.15) is 5.76 Å². The summed E-state index contributed by atoms with van der Waals surface area (Å²) in [6, 6.07) is 7.71. The summed E-state index contributed by atoms with van der Waals surface area (Å²) in [4.78, 5) is 9.56. The van der Waals surface area contributed by atoms with Crippen LogP contribution in [0.2, 0.25) is 0 Å². The van der Waals surface area contributed by atoms with E-state index in [4.69, 9.17) is 4.42 Å². The van der Waals surface area contributed by atoms with E-state index in [1.165, 1.54) is 10.7 Å². The molecule has 0 amide bonds. The topological polar surface area (TPSA) is 98.9 Å². The van der Waals surface area contributed by atoms with Gasteiger partial charge >= 0.3 is 0 Å². The molecule has 0 aliphatic carbocycles. The number of rotatable bonds is 2. The van der Waals surface area contributed by atoms with Crippen LogP contribution in [-0.2, 0) is 0 Å². The Morgan fingerprint density at radius 1 is 1.24 bits per heavy atom. The van der Waals surface area contributed by atoms with Crippen molar-refractivity contribution in [2.24, 2.45) is 0 Å². The van der Waals surface area contributed by atoms with Crippen molar-refractivity contribution in [1.29, 1.82) is 0 Å². The standard InChI is InChI=1S/C17H12N6O2/c1-10-7-18-17(25-10)13-9-23(24)22-5-4-14(20-16(13)22)11-2-3-15-12(6-11)8-19-21-15/h2-9H,1H3,(H,19,21). The fourth-order valence-corrected chi connectivity index (χ4v) is 2.88. The summed E-state index contributed by atoms with van der Waals surface area (Å²) in [6.07, 6.45) is 6.48. The zero-order valence-electron chi connectivity index (χ0n) is 13.2. The van der Waals surface area contributed by atoms with E-state index in [-0.39, 0.29) is 0 Å². The lowest BCUT2D eigenvalue weighted by Gasteiger charge is -2.02. The molecule has 1 aromatic carbocycles. The summed E-state index contributed by atoms with van der Waals surface area (Å²) in [5.74, 6) is 1.05. The Morgan fingerprint density at radius 2 is 2.16 bits per heavy atom. The van der Waals surface area contributed by atoms with Gasteiger partial charge in [-0.3, -0.25) is 5.10 Å². The number of aromatic nitrogens is 6. The van der Waals surface area contributed by atoms with Crippen LogP contribution in [0, 0.1) is 12.1 Å². The van der Waals surface area contributed by atoms with E-state index in [9.17, 15) is 5.21 Å². The highest BCUT2D eigenvalue weighted by Crippen LogP contribution is 2.26. The van der Waals surface area contributed by atoms with E-state index in [1.807, 2.05) is 18.2 Å². The molecule has 0 unspecified atom stereocenters. The number of nitrogens with one attached hydrogen (secondary N) is 1. The molecule has 0 aliphatic rings. The Bertz CT molecular complexity index is 1230. The largest absolute Gasteiger partial charge is 0.596 e. The lowest BCUT2D eigenvalue weighted by atomic mass is 10.1. The Kier molecular flexibility index (Phi) is 2.69. The van der Waals surface area contributed by atoms with Gasteiger partial charge in [-0.05, 0) is 25.1 Å². The van der Waals surface area contributed by atoms with Crippen LogP contribution >= 0.6 is 0 Å². The maximum Gasteiger partial charge on any atom is 0.236 e. The van der Waals surface area contributed by atoms with Crippen LogP contribution in [0.15, 0.2) is 53.5 Å². The molecule has 8 nitrogen and oxygen atoms in total. The second kappa shape index (κ2) is 4.91. The number of benzene rings is 1. The second-order valence-electron chi connectivity index (χ2n) is 5.77. The van der Waals surface area contributed by atoms with Crippen LogP contribution in [0.25, 0.3) is 39.3 Å². The minimum atomic E-state index is 0.375. The Morgan fingerprint density at radius 3 is 3.00 bits per heavy atom. The van der Waals surface area contributed by atoms with Gasteiger partial charge in [-0.25, -0.2) is 9.97 Å². The molecule has 122 valence electrons. The highest BCUT2D eigenvalue weighted by Gasteiger charge is 2.20. The molecule has 0 saturated carbocycles. The van der Waals surface area contributed by atoms with Crippen LogP contribution in [0.4, 0.5) is 0 Å². The van der Waals surface area contributed by atoms with Crippen LogP contribution < -0.4 is 4.85 Å². The van der Waals surface area contributed by atoms with Gasteiger partial charge in [0.15, 0.2) is 5.56 Å². The maximum absolute atomic E-state index is 12.1. The molecule has 4 aromatic heterocycles. The zero-order chi connectivity index (χ0) is 17.0. The molecule has 0 atom stereocenters. The van der Waals surface area contributed by atoms with Crippen LogP contribution in [-0.4, -0.2) is 24.7 Å². The zero-order valence-corrected chi connectivity index (χ0v) is 13.2. The van der Waals surface area contributed by atoms with E-state index >= 15 is 0 Å². The quantitative estimate of drug-likeness (QED) is 0.395. The molecule has 0 fully saturated rings. The van der Waals surface area contributed by atoms with Crippen molar-refractivity contribution in [2.75, 3.05) is 0 Å². The summed E-state index contributed by atoms with van der Waals surface area (Å²) in [5, 5.41) is 20.1. The first-order valence-electron chi connectivity index (χ1n) is 7.67. The molecule has 0 spiro atoms. The fraction of sp³-hybridized carbons (Fsp3) is 0.0588. The number of hydrogen-bond acceptors (Lipinski definition) is 5. The molecular weight excluding hydrogens is 320 g/mol. The van der Waals surface area contributed by atoms with Crippen molar-refractivity contribution in [1.82, 2.24) is 24.7 Å². The van der Waals surface area contributed by atoms with Crippen LogP contribution in [0.3, 0.4) is 0 Å². The number of nitrogens with zero attached hydrogens (tertiary/aromatic N) is 5. The van der Waals surface area contributed by atoms with E-state index in [0.717, 1.165) is 22.2 Å². The normalized spacial score (nSPS) is 11.6. The van der Waals surface area contributed by atoms with E-state index in [0.29, 0.717) is 27.7 Å². The highest BCUT2D eigenvalue weighted by atomic mass is 16.5. The molecule has 1 N–H and O–H groups in total. The minimum Gasteiger partial charge on any atom is -0.596 e. The number of oxazole rings is 1. The third-order valence-corrected chi connectivity index (χ3v) is 4.10. The maximum atomic E-state index is 12.1. The van der Waals surface area contributed by atoms with E-state index < -0.39 is 0 Å². The van der Waals surface area contributed by atoms with Gasteiger partial charge in [-0.2, -0.15) is 5.10 Å². The molecule has 0 aliphatic heterocycles. The molecule has 5 rings (SSSR count). The van der Waals surface area contributed by atoms with Crippen molar-refractivity contribution < 1.29 is 9.26 Å². The van der Waals surface area contributed by atoms with Gasteiger partial charge in [0.1, 0.15) is 5.76 Å². The molecule has 0 radical (unpaired) electrons. The first-order chi connectivity index (χ1) is 12.2. The summed E-state index contributed by atoms with van der Waals surface area (Å²) >= 11 is 0. The lowest BCUT2D eigenvalue weighted by molar-refractivity contribution is -0.676. The second-order valence-corrected chi connectivity index (χ2v) is 5.77. The van der Waals surface area contributed by atoms with Crippen molar-refractivity contribution in [3.8, 4) is 22.7 Å². The van der Waals surface area contributed by atoms with E-state index in [2.05, 4.69) is 20.2 Å². The van der Waals surface area contributed by atoms with Gasteiger partial charge in [0.25, 0.3) is 0 Å². The van der Waals surface area contributed by atoms with Crippen molar-refractivity contribution in [2.45, 2.75) is 6.92 Å². The van der Waals surface area contributed by atoms with Gasteiger partial charge in [0.05, 0.1) is 29.8 Å². The third kappa shape index (κ3) is 2.08. The predicted molar refractivity (Wildman–Crippen MR) is 89.5 cm³/mol. The molecule has 4 heterocycles. The SMILES string of the molecule is Cc1cnc(-c2c[n+]([O-])n3ccc(-c4ccc5[nH]ncc5c4)nc23)o1. The number of aromatic amines is 1. The number of hydrogen-bond donors (Lipinski definition) is 1. The third-order valence-electron chi connectivity index (χ3n) is 4.10. The van der Waals surface area contributed by atoms with Crippen molar-refractivity contribution >= 4 is 16.6 Å². The monoisotopic (exact) mass is 332 g/mol. The van der Waals surface area contributed by atoms with Gasteiger partial charge in [0, 0.05) is 10.9 Å². The average Bonchev–Trinajstić information content (AvgIpc) is 3.33. The average molecular weight is 332 g/mol. The van der Waals surface area contributed by atoms with Crippen molar-refractivity contribution in [3.05, 3.63) is 60.0 Å². The molecule has 0 saturated heterocycles. The van der Waals surface area contributed by atoms with Gasteiger partial charge in [0.2, 0.25) is 17.7 Å². The highest BCUT2D eigenvalue weighted by molar-refractivity contribution is 5.83. The summed E-state index contributed by atoms with van der Waals surface area (Å²) in [6.45, 7) is 1.80. The van der Waals surface area contributed by atoms with E-state index in [1.54, 1.807) is 31.6 Å². The molecule has 8 heteroatoms. The summed E-state index contributed by atoms with van der Waals surface area (Å²) < 4.78 is 6.97. The molecular formula is C17H12N6O2. The first-order valence-corrected chi connectivity index (χ1v) is 7.67.